The van der Waals surface area contributed by atoms with E-state index in [2.05, 4.69) is 10.0 Å². The standard InChI is InChI=1S/C22H27N3O5S/c1-3-20(27)23-16-7-9-18(10-8-16)31(29,30)24-21-15(2)5-4-6-19(21)22(28)25-13-11-17(26)12-14-25/h4-10,17,24,26H,3,11-14H2,1-2H3,(H,23,27). The molecule has 0 unspecified atom stereocenters. The van der Waals surface area contributed by atoms with E-state index >= 15 is 0 Å². The molecule has 0 aliphatic carbocycles. The molecule has 3 rings (SSSR count). The fourth-order valence-corrected chi connectivity index (χ4v) is 4.53. The van der Waals surface area contributed by atoms with Gasteiger partial charge in [0.1, 0.15) is 0 Å². The third-order valence-corrected chi connectivity index (χ3v) is 6.63. The molecule has 31 heavy (non-hydrogen) atoms. The van der Waals surface area contributed by atoms with Crippen molar-refractivity contribution in [2.24, 2.45) is 0 Å². The number of hydrogen-bond acceptors (Lipinski definition) is 5. The summed E-state index contributed by atoms with van der Waals surface area (Å²) in [5.41, 5.74) is 1.64. The number of rotatable bonds is 6. The van der Waals surface area contributed by atoms with Crippen molar-refractivity contribution in [2.45, 2.75) is 44.1 Å². The van der Waals surface area contributed by atoms with Crippen LogP contribution in [0.15, 0.2) is 47.4 Å². The average Bonchev–Trinajstić information content (AvgIpc) is 2.75. The lowest BCUT2D eigenvalue weighted by atomic mass is 10.0. The summed E-state index contributed by atoms with van der Waals surface area (Å²) in [7, 11) is -3.96. The van der Waals surface area contributed by atoms with E-state index in [1.54, 1.807) is 36.9 Å². The van der Waals surface area contributed by atoms with Gasteiger partial charge < -0.3 is 15.3 Å². The van der Waals surface area contributed by atoms with Crippen molar-refractivity contribution in [3.05, 3.63) is 53.6 Å². The maximum Gasteiger partial charge on any atom is 0.261 e. The van der Waals surface area contributed by atoms with Crippen LogP contribution < -0.4 is 10.0 Å². The number of hydrogen-bond donors (Lipinski definition) is 3. The molecule has 3 N–H and O–H groups in total. The Bertz CT molecular complexity index is 1060. The van der Waals surface area contributed by atoms with E-state index in [4.69, 9.17) is 0 Å². The van der Waals surface area contributed by atoms with E-state index in [9.17, 15) is 23.1 Å². The van der Waals surface area contributed by atoms with Crippen LogP contribution in [-0.4, -0.2) is 49.4 Å². The molecule has 0 spiro atoms. The Balaban J connectivity index is 1.84. The molecule has 2 amide bonds. The Morgan fingerprint density at radius 1 is 1.10 bits per heavy atom. The number of para-hydroxylation sites is 1. The van der Waals surface area contributed by atoms with E-state index in [-0.39, 0.29) is 28.0 Å². The van der Waals surface area contributed by atoms with Crippen molar-refractivity contribution >= 4 is 33.2 Å². The second-order valence-electron chi connectivity index (χ2n) is 7.55. The number of nitrogens with zero attached hydrogens (tertiary/aromatic N) is 1. The number of benzene rings is 2. The van der Waals surface area contributed by atoms with Crippen molar-refractivity contribution in [3.63, 3.8) is 0 Å². The van der Waals surface area contributed by atoms with Crippen molar-refractivity contribution < 1.29 is 23.1 Å². The van der Waals surface area contributed by atoms with Gasteiger partial charge in [0.05, 0.1) is 22.3 Å². The normalized spacial score (nSPS) is 14.9. The molecule has 1 fully saturated rings. The van der Waals surface area contributed by atoms with Crippen LogP contribution in [0.3, 0.4) is 0 Å². The molecule has 0 radical (unpaired) electrons. The molecule has 0 aromatic heterocycles. The van der Waals surface area contributed by atoms with Crippen LogP contribution in [0, 0.1) is 6.92 Å². The zero-order valence-corrected chi connectivity index (χ0v) is 18.4. The lowest BCUT2D eigenvalue weighted by Gasteiger charge is -2.30. The zero-order chi connectivity index (χ0) is 22.6. The Morgan fingerprint density at radius 2 is 1.74 bits per heavy atom. The van der Waals surface area contributed by atoms with Gasteiger partial charge in [-0.2, -0.15) is 0 Å². The van der Waals surface area contributed by atoms with Gasteiger partial charge in [0.25, 0.3) is 15.9 Å². The summed E-state index contributed by atoms with van der Waals surface area (Å²) in [5.74, 6) is -0.437. The minimum absolute atomic E-state index is 0.0183. The summed E-state index contributed by atoms with van der Waals surface area (Å²) in [6.07, 6.45) is 0.908. The molecule has 1 aliphatic rings. The van der Waals surface area contributed by atoms with Crippen LogP contribution >= 0.6 is 0 Å². The Hall–Kier alpha value is -2.91. The van der Waals surface area contributed by atoms with Gasteiger partial charge >= 0.3 is 0 Å². The highest BCUT2D eigenvalue weighted by Crippen LogP contribution is 2.27. The van der Waals surface area contributed by atoms with Crippen LogP contribution in [0.2, 0.25) is 0 Å². The molecule has 2 aromatic carbocycles. The van der Waals surface area contributed by atoms with Gasteiger partial charge in [-0.3, -0.25) is 14.3 Å². The van der Waals surface area contributed by atoms with E-state index in [1.807, 2.05) is 0 Å². The smallest absolute Gasteiger partial charge is 0.261 e. The molecule has 9 heteroatoms. The number of piperidine rings is 1. The fraction of sp³-hybridized carbons (Fsp3) is 0.364. The van der Waals surface area contributed by atoms with Crippen molar-refractivity contribution in [1.29, 1.82) is 0 Å². The Morgan fingerprint density at radius 3 is 2.35 bits per heavy atom. The number of aryl methyl sites for hydroxylation is 1. The lowest BCUT2D eigenvalue weighted by molar-refractivity contribution is -0.115. The first kappa shape index (κ1) is 22.8. The predicted octanol–water partition coefficient (Wildman–Crippen LogP) is 2.74. The maximum absolute atomic E-state index is 13.0. The molecule has 1 heterocycles. The summed E-state index contributed by atoms with van der Waals surface area (Å²) in [6.45, 7) is 4.30. The van der Waals surface area contributed by atoms with Crippen LogP contribution in [0.5, 0.6) is 0 Å². The molecular formula is C22H27N3O5S. The van der Waals surface area contributed by atoms with E-state index in [0.29, 0.717) is 43.6 Å². The topological polar surface area (TPSA) is 116 Å². The third-order valence-electron chi connectivity index (χ3n) is 5.26. The van der Waals surface area contributed by atoms with Gasteiger partial charge in [-0.25, -0.2) is 8.42 Å². The summed E-state index contributed by atoms with van der Waals surface area (Å²) in [6, 6.07) is 10.9. The zero-order valence-electron chi connectivity index (χ0n) is 17.6. The average molecular weight is 446 g/mol. The first-order valence-corrected chi connectivity index (χ1v) is 11.7. The number of carbonyl (C=O) groups excluding carboxylic acids is 2. The highest BCUT2D eigenvalue weighted by atomic mass is 32.2. The van der Waals surface area contributed by atoms with Gasteiger partial charge in [-0.05, 0) is 55.7 Å². The number of nitrogens with one attached hydrogen (secondary N) is 2. The van der Waals surface area contributed by atoms with E-state index in [1.165, 1.54) is 24.3 Å². The Labute approximate surface area is 182 Å². The second kappa shape index (κ2) is 9.49. The summed E-state index contributed by atoms with van der Waals surface area (Å²) in [5, 5.41) is 12.4. The number of carbonyl (C=O) groups is 2. The molecule has 1 aliphatic heterocycles. The Kier molecular flexibility index (Phi) is 6.97. The number of aliphatic hydroxyl groups is 1. The molecule has 1 saturated heterocycles. The largest absolute Gasteiger partial charge is 0.393 e. The summed E-state index contributed by atoms with van der Waals surface area (Å²) < 4.78 is 28.5. The molecule has 2 aromatic rings. The summed E-state index contributed by atoms with van der Waals surface area (Å²) >= 11 is 0. The summed E-state index contributed by atoms with van der Waals surface area (Å²) in [4.78, 5) is 26.2. The van der Waals surface area contributed by atoms with Crippen molar-refractivity contribution in [2.75, 3.05) is 23.1 Å². The van der Waals surface area contributed by atoms with Crippen LogP contribution in [0.1, 0.15) is 42.1 Å². The molecular weight excluding hydrogens is 418 g/mol. The lowest BCUT2D eigenvalue weighted by Crippen LogP contribution is -2.40. The number of anilines is 2. The van der Waals surface area contributed by atoms with Gasteiger partial charge in [-0.1, -0.05) is 19.1 Å². The minimum Gasteiger partial charge on any atom is -0.393 e. The fourth-order valence-electron chi connectivity index (χ4n) is 3.38. The van der Waals surface area contributed by atoms with E-state index < -0.39 is 16.1 Å². The van der Waals surface area contributed by atoms with Gasteiger partial charge in [0.15, 0.2) is 0 Å². The van der Waals surface area contributed by atoms with Gasteiger partial charge in [0.2, 0.25) is 5.91 Å². The predicted molar refractivity (Wildman–Crippen MR) is 118 cm³/mol. The molecule has 0 saturated carbocycles. The number of sulfonamides is 1. The molecule has 0 bridgehead atoms. The molecule has 0 atom stereocenters. The molecule has 166 valence electrons. The number of likely N-dealkylation sites (tertiary alicyclic amines) is 1. The monoisotopic (exact) mass is 445 g/mol. The van der Waals surface area contributed by atoms with E-state index in [0.717, 1.165) is 0 Å². The van der Waals surface area contributed by atoms with Crippen LogP contribution in [0.25, 0.3) is 0 Å². The highest BCUT2D eigenvalue weighted by molar-refractivity contribution is 7.92. The second-order valence-corrected chi connectivity index (χ2v) is 9.23. The SMILES string of the molecule is CCC(=O)Nc1ccc(S(=O)(=O)Nc2c(C)cccc2C(=O)N2CCC(O)CC2)cc1. The first-order valence-electron chi connectivity index (χ1n) is 10.2. The van der Waals surface area contributed by atoms with Crippen molar-refractivity contribution in [1.82, 2.24) is 4.90 Å². The van der Waals surface area contributed by atoms with Gasteiger partial charge in [-0.15, -0.1) is 0 Å². The highest BCUT2D eigenvalue weighted by Gasteiger charge is 2.26. The first-order chi connectivity index (χ1) is 14.7. The van der Waals surface area contributed by atoms with Crippen LogP contribution in [0.4, 0.5) is 11.4 Å². The number of aliphatic hydroxyl groups excluding tert-OH is 1. The maximum atomic E-state index is 13.0. The molecule has 8 nitrogen and oxygen atoms in total. The van der Waals surface area contributed by atoms with Crippen molar-refractivity contribution in [3.8, 4) is 0 Å². The van der Waals surface area contributed by atoms with Crippen LogP contribution in [-0.2, 0) is 14.8 Å². The number of amides is 2. The van der Waals surface area contributed by atoms with Gasteiger partial charge in [0, 0.05) is 25.2 Å². The quantitative estimate of drug-likeness (QED) is 0.632. The minimum atomic E-state index is -3.96. The third kappa shape index (κ3) is 5.42.